The first-order valence-corrected chi connectivity index (χ1v) is 11.7. The van der Waals surface area contributed by atoms with Crippen molar-refractivity contribution in [2.24, 2.45) is 0 Å². The van der Waals surface area contributed by atoms with Gasteiger partial charge >= 0.3 is 0 Å². The van der Waals surface area contributed by atoms with Gasteiger partial charge in [-0.05, 0) is 63.2 Å². The molecule has 0 aliphatic heterocycles. The highest BCUT2D eigenvalue weighted by atomic mass is 32.2. The highest BCUT2D eigenvalue weighted by Crippen LogP contribution is 2.21. The van der Waals surface area contributed by atoms with Gasteiger partial charge in [0.25, 0.3) is 10.0 Å². The number of sulfonamides is 1. The lowest BCUT2D eigenvalue weighted by Gasteiger charge is -2.12. The lowest BCUT2D eigenvalue weighted by molar-refractivity contribution is -0.115. The van der Waals surface area contributed by atoms with Crippen LogP contribution in [0.3, 0.4) is 0 Å². The Morgan fingerprint density at radius 2 is 1.80 bits per heavy atom. The minimum absolute atomic E-state index is 0.0206. The minimum atomic E-state index is -3.84. The predicted molar refractivity (Wildman–Crippen MR) is 117 cm³/mol. The summed E-state index contributed by atoms with van der Waals surface area (Å²) in [4.78, 5) is 20.6. The molecule has 0 bridgehead atoms. The van der Waals surface area contributed by atoms with Crippen LogP contribution in [-0.4, -0.2) is 29.5 Å². The molecule has 30 heavy (non-hydrogen) atoms. The molecule has 158 valence electrons. The molecule has 2 N–H and O–H groups in total. The predicted octanol–water partition coefficient (Wildman–Crippen LogP) is 3.75. The first-order chi connectivity index (χ1) is 14.2. The Balaban J connectivity index is 1.61. The number of furan rings is 1. The van der Waals surface area contributed by atoms with Crippen LogP contribution in [0.4, 0.5) is 11.6 Å². The summed E-state index contributed by atoms with van der Waals surface area (Å²) in [5, 5.41) is 2.48. The molecule has 2 aromatic heterocycles. The van der Waals surface area contributed by atoms with Gasteiger partial charge in [-0.3, -0.25) is 4.79 Å². The van der Waals surface area contributed by atoms with Crippen LogP contribution in [0, 0.1) is 13.8 Å². The highest BCUT2D eigenvalue weighted by Gasteiger charge is 2.18. The lowest BCUT2D eigenvalue weighted by Crippen LogP contribution is -2.22. The molecule has 0 saturated carbocycles. The van der Waals surface area contributed by atoms with E-state index < -0.39 is 10.0 Å². The fourth-order valence-corrected chi connectivity index (χ4v) is 4.32. The molecule has 2 heterocycles. The van der Waals surface area contributed by atoms with Crippen molar-refractivity contribution in [3.8, 4) is 0 Å². The Morgan fingerprint density at radius 1 is 1.13 bits per heavy atom. The van der Waals surface area contributed by atoms with Crippen molar-refractivity contribution in [3.63, 3.8) is 0 Å². The number of nitrogens with one attached hydrogen (secondary N) is 2. The molecule has 10 heteroatoms. The molecule has 3 aromatic rings. The van der Waals surface area contributed by atoms with E-state index in [9.17, 15) is 13.2 Å². The van der Waals surface area contributed by atoms with Crippen LogP contribution >= 0.6 is 11.8 Å². The van der Waals surface area contributed by atoms with Gasteiger partial charge in [0.15, 0.2) is 0 Å². The summed E-state index contributed by atoms with van der Waals surface area (Å²) in [6.07, 6.45) is 1.59. The molecular weight excluding hydrogens is 424 g/mol. The van der Waals surface area contributed by atoms with Crippen molar-refractivity contribution in [2.75, 3.05) is 10.0 Å². The van der Waals surface area contributed by atoms with Crippen LogP contribution in [0.1, 0.15) is 24.1 Å². The number of anilines is 2. The van der Waals surface area contributed by atoms with E-state index in [0.717, 1.165) is 5.76 Å². The minimum Gasteiger partial charge on any atom is -0.468 e. The van der Waals surface area contributed by atoms with Crippen molar-refractivity contribution in [1.29, 1.82) is 0 Å². The fraction of sp³-hybridized carbons (Fsp3) is 0.250. The standard InChI is InChI=1S/C20H22N4O4S2/c1-13-11-14(2)22-20(21-13)24-30(26,27)18-8-6-16(7-9-18)23-19(25)15(3)29-12-17-5-4-10-28-17/h4-11,15H,12H2,1-3H3,(H,23,25)(H,21,22,24). The van der Waals surface area contributed by atoms with Crippen molar-refractivity contribution < 1.29 is 17.6 Å². The van der Waals surface area contributed by atoms with Crippen molar-refractivity contribution in [1.82, 2.24) is 9.97 Å². The smallest absolute Gasteiger partial charge is 0.264 e. The number of thioether (sulfide) groups is 1. The summed E-state index contributed by atoms with van der Waals surface area (Å²) in [5.41, 5.74) is 1.83. The average molecular weight is 447 g/mol. The number of carbonyl (C=O) groups excluding carboxylic acids is 1. The number of amides is 1. The molecule has 1 atom stereocenters. The van der Waals surface area contributed by atoms with E-state index in [-0.39, 0.29) is 22.0 Å². The molecule has 0 aliphatic rings. The monoisotopic (exact) mass is 446 g/mol. The van der Waals surface area contributed by atoms with Gasteiger partial charge in [-0.1, -0.05) is 0 Å². The second-order valence-electron chi connectivity index (χ2n) is 6.63. The zero-order valence-corrected chi connectivity index (χ0v) is 18.4. The van der Waals surface area contributed by atoms with Gasteiger partial charge in [0.05, 0.1) is 22.2 Å². The zero-order valence-electron chi connectivity index (χ0n) is 16.7. The van der Waals surface area contributed by atoms with Crippen molar-refractivity contribution in [2.45, 2.75) is 36.7 Å². The second-order valence-corrected chi connectivity index (χ2v) is 9.64. The highest BCUT2D eigenvalue weighted by molar-refractivity contribution is 7.99. The topological polar surface area (TPSA) is 114 Å². The van der Waals surface area contributed by atoms with E-state index in [1.807, 2.05) is 6.07 Å². The molecule has 1 unspecified atom stereocenters. The maximum atomic E-state index is 12.6. The number of aromatic nitrogens is 2. The van der Waals surface area contributed by atoms with Crippen LogP contribution < -0.4 is 10.0 Å². The SMILES string of the molecule is Cc1cc(C)nc(NS(=O)(=O)c2ccc(NC(=O)C(C)SCc3ccco3)cc2)n1. The van der Waals surface area contributed by atoms with Crippen LogP contribution in [-0.2, 0) is 20.6 Å². The van der Waals surface area contributed by atoms with Crippen LogP contribution in [0.25, 0.3) is 0 Å². The molecule has 0 fully saturated rings. The number of aryl methyl sites for hydroxylation is 2. The Labute approximate surface area is 179 Å². The number of carbonyl (C=O) groups is 1. The number of benzene rings is 1. The fourth-order valence-electron chi connectivity index (χ4n) is 2.59. The van der Waals surface area contributed by atoms with Crippen LogP contribution in [0.15, 0.2) is 58.0 Å². The summed E-state index contributed by atoms with van der Waals surface area (Å²) in [6, 6.07) is 11.3. The average Bonchev–Trinajstić information content (AvgIpc) is 3.19. The second kappa shape index (κ2) is 9.31. The van der Waals surface area contributed by atoms with Gasteiger partial charge in [-0.2, -0.15) is 0 Å². The van der Waals surface area contributed by atoms with E-state index in [4.69, 9.17) is 4.42 Å². The van der Waals surface area contributed by atoms with E-state index in [2.05, 4.69) is 20.0 Å². The number of nitrogens with zero attached hydrogens (tertiary/aromatic N) is 2. The third-order valence-electron chi connectivity index (χ3n) is 4.07. The van der Waals surface area contributed by atoms with E-state index >= 15 is 0 Å². The maximum Gasteiger partial charge on any atom is 0.264 e. The molecular formula is C20H22N4O4S2. The molecule has 1 aromatic carbocycles. The Kier molecular flexibility index (Phi) is 6.78. The molecule has 0 saturated heterocycles. The Hall–Kier alpha value is -2.85. The number of rotatable bonds is 8. The molecule has 3 rings (SSSR count). The largest absolute Gasteiger partial charge is 0.468 e. The molecule has 8 nitrogen and oxygen atoms in total. The Bertz CT molecular complexity index is 1090. The van der Waals surface area contributed by atoms with Gasteiger partial charge in [-0.15, -0.1) is 11.8 Å². The van der Waals surface area contributed by atoms with Gasteiger partial charge in [0.1, 0.15) is 5.76 Å². The van der Waals surface area contributed by atoms with Crippen molar-refractivity contribution in [3.05, 3.63) is 65.9 Å². The summed E-state index contributed by atoms with van der Waals surface area (Å²) < 4.78 is 32.8. The summed E-state index contributed by atoms with van der Waals surface area (Å²) in [5.74, 6) is 1.23. The van der Waals surface area contributed by atoms with E-state index in [1.54, 1.807) is 51.3 Å². The van der Waals surface area contributed by atoms with E-state index in [0.29, 0.717) is 22.8 Å². The van der Waals surface area contributed by atoms with Gasteiger partial charge in [0, 0.05) is 17.1 Å². The maximum absolute atomic E-state index is 12.6. The quantitative estimate of drug-likeness (QED) is 0.542. The third kappa shape index (κ3) is 5.83. The zero-order chi connectivity index (χ0) is 21.7. The molecule has 1 amide bonds. The summed E-state index contributed by atoms with van der Waals surface area (Å²) in [7, 11) is -3.84. The lowest BCUT2D eigenvalue weighted by atomic mass is 10.3. The van der Waals surface area contributed by atoms with Crippen molar-refractivity contribution >= 4 is 39.3 Å². The van der Waals surface area contributed by atoms with Gasteiger partial charge < -0.3 is 9.73 Å². The Morgan fingerprint density at radius 3 is 2.40 bits per heavy atom. The van der Waals surface area contributed by atoms with Gasteiger partial charge in [0.2, 0.25) is 11.9 Å². The number of hydrogen-bond donors (Lipinski definition) is 2. The number of hydrogen-bond acceptors (Lipinski definition) is 7. The van der Waals surface area contributed by atoms with Crippen LogP contribution in [0.5, 0.6) is 0 Å². The van der Waals surface area contributed by atoms with Gasteiger partial charge in [-0.25, -0.2) is 23.1 Å². The van der Waals surface area contributed by atoms with Crippen LogP contribution in [0.2, 0.25) is 0 Å². The van der Waals surface area contributed by atoms with E-state index in [1.165, 1.54) is 23.9 Å². The summed E-state index contributed by atoms with van der Waals surface area (Å²) >= 11 is 1.45. The summed E-state index contributed by atoms with van der Waals surface area (Å²) in [6.45, 7) is 5.32. The first-order valence-electron chi connectivity index (χ1n) is 9.13. The first kappa shape index (κ1) is 21.8. The molecule has 0 spiro atoms. The molecule has 0 radical (unpaired) electrons. The molecule has 0 aliphatic carbocycles. The normalized spacial score (nSPS) is 12.4. The third-order valence-corrected chi connectivity index (χ3v) is 6.57.